The largest absolute Gasteiger partial charge is 0.469 e. The van der Waals surface area contributed by atoms with Crippen molar-refractivity contribution in [2.24, 2.45) is 0 Å². The Bertz CT molecular complexity index is 1200. The van der Waals surface area contributed by atoms with Gasteiger partial charge in [-0.05, 0) is 62.6 Å². The molecule has 1 amide bonds. The van der Waals surface area contributed by atoms with E-state index in [9.17, 15) is 14.4 Å². The number of nitrogens with one attached hydrogen (secondary N) is 1. The molecule has 1 heterocycles. The van der Waals surface area contributed by atoms with Gasteiger partial charge in [0.1, 0.15) is 5.54 Å². The maximum atomic E-state index is 13.0. The fourth-order valence-corrected chi connectivity index (χ4v) is 4.09. The van der Waals surface area contributed by atoms with Crippen LogP contribution in [0.1, 0.15) is 46.2 Å². The van der Waals surface area contributed by atoms with Crippen LogP contribution >= 0.6 is 0 Å². The fraction of sp³-hybridized carbons (Fsp3) is 0.333. The Morgan fingerprint density at radius 1 is 0.971 bits per heavy atom. The normalized spacial score (nSPS) is 12.5. The molecule has 1 unspecified atom stereocenters. The molecule has 2 aromatic carbocycles. The molecule has 184 valence electrons. The summed E-state index contributed by atoms with van der Waals surface area (Å²) in [5, 5.41) is 7.45. The lowest BCUT2D eigenvalue weighted by molar-refractivity contribution is -0.147. The summed E-state index contributed by atoms with van der Waals surface area (Å²) in [7, 11) is 2.68. The molecule has 8 heteroatoms. The van der Waals surface area contributed by atoms with Crippen molar-refractivity contribution < 1.29 is 23.9 Å². The lowest BCUT2D eigenvalue weighted by Gasteiger charge is -2.28. The predicted octanol–water partition coefficient (Wildman–Crippen LogP) is 3.50. The second-order valence-electron chi connectivity index (χ2n) is 8.62. The molecule has 0 fully saturated rings. The van der Waals surface area contributed by atoms with Gasteiger partial charge in [-0.2, -0.15) is 5.10 Å². The van der Waals surface area contributed by atoms with E-state index in [0.717, 1.165) is 28.2 Å². The third kappa shape index (κ3) is 5.95. The molecule has 1 aromatic heterocycles. The number of ether oxygens (including phenoxy) is 2. The third-order valence-corrected chi connectivity index (χ3v) is 6.05. The molecular formula is C27H31N3O5. The summed E-state index contributed by atoms with van der Waals surface area (Å²) in [5.74, 6) is -1.17. The van der Waals surface area contributed by atoms with Gasteiger partial charge in [0.25, 0.3) is 5.91 Å². The van der Waals surface area contributed by atoms with Crippen LogP contribution in [-0.4, -0.2) is 47.4 Å². The number of hydrogen-bond donors (Lipinski definition) is 1. The predicted molar refractivity (Wildman–Crippen MR) is 131 cm³/mol. The molecule has 3 aromatic rings. The van der Waals surface area contributed by atoms with E-state index < -0.39 is 11.5 Å². The number of amides is 1. The monoisotopic (exact) mass is 477 g/mol. The molecule has 0 saturated heterocycles. The lowest BCUT2D eigenvalue weighted by atomic mass is 9.92. The van der Waals surface area contributed by atoms with Crippen LogP contribution in [0.2, 0.25) is 0 Å². The minimum absolute atomic E-state index is 0.266. The molecule has 1 N–H and O–H groups in total. The SMILES string of the molecule is COC(=O)CCc1c(C)nn(-c2ccc(C(=O)NC(C)(Cc3ccccc3)C(=O)OC)cc2)c1C. The van der Waals surface area contributed by atoms with Gasteiger partial charge in [0.05, 0.1) is 25.6 Å². The maximum Gasteiger partial charge on any atom is 0.331 e. The van der Waals surface area contributed by atoms with Crippen molar-refractivity contribution in [2.75, 3.05) is 14.2 Å². The molecule has 0 bridgehead atoms. The highest BCUT2D eigenvalue weighted by molar-refractivity contribution is 5.98. The van der Waals surface area contributed by atoms with Gasteiger partial charge in [-0.15, -0.1) is 0 Å². The highest BCUT2D eigenvalue weighted by atomic mass is 16.5. The molecule has 0 aliphatic carbocycles. The van der Waals surface area contributed by atoms with Crippen LogP contribution in [0.3, 0.4) is 0 Å². The highest BCUT2D eigenvalue weighted by Gasteiger charge is 2.36. The summed E-state index contributed by atoms with van der Waals surface area (Å²) in [6, 6.07) is 16.4. The summed E-state index contributed by atoms with van der Waals surface area (Å²) in [5.41, 5.74) is 3.62. The van der Waals surface area contributed by atoms with Crippen LogP contribution in [0.25, 0.3) is 5.69 Å². The van der Waals surface area contributed by atoms with Crippen LogP contribution in [0.5, 0.6) is 0 Å². The van der Waals surface area contributed by atoms with E-state index in [-0.39, 0.29) is 18.3 Å². The first-order valence-corrected chi connectivity index (χ1v) is 11.4. The fourth-order valence-electron chi connectivity index (χ4n) is 4.09. The van der Waals surface area contributed by atoms with E-state index >= 15 is 0 Å². The zero-order valence-electron chi connectivity index (χ0n) is 20.8. The number of aromatic nitrogens is 2. The molecular weight excluding hydrogens is 446 g/mol. The summed E-state index contributed by atoms with van der Waals surface area (Å²) in [6.45, 7) is 5.50. The van der Waals surface area contributed by atoms with Crippen LogP contribution in [0.4, 0.5) is 0 Å². The van der Waals surface area contributed by atoms with E-state index in [1.54, 1.807) is 35.9 Å². The standard InChI is InChI=1S/C27H31N3O5/c1-18-23(15-16-24(31)34-4)19(2)30(29-18)22-13-11-21(12-14-22)25(32)28-27(3,26(33)35-5)17-20-9-7-6-8-10-20/h6-14H,15-17H2,1-5H3,(H,28,32). The Labute approximate surface area is 205 Å². The van der Waals surface area contributed by atoms with Crippen molar-refractivity contribution in [2.45, 2.75) is 45.6 Å². The van der Waals surface area contributed by atoms with Crippen molar-refractivity contribution in [1.29, 1.82) is 0 Å². The summed E-state index contributed by atoms with van der Waals surface area (Å²) < 4.78 is 11.5. The molecule has 3 rings (SSSR count). The molecule has 1 atom stereocenters. The van der Waals surface area contributed by atoms with Gasteiger partial charge >= 0.3 is 11.9 Å². The first kappa shape index (κ1) is 25.7. The van der Waals surface area contributed by atoms with Gasteiger partial charge in [-0.25, -0.2) is 9.48 Å². The first-order chi connectivity index (χ1) is 16.7. The number of methoxy groups -OCH3 is 2. The van der Waals surface area contributed by atoms with Gasteiger partial charge in [0.2, 0.25) is 0 Å². The average molecular weight is 478 g/mol. The van der Waals surface area contributed by atoms with E-state index in [1.165, 1.54) is 14.2 Å². The number of rotatable bonds is 9. The van der Waals surface area contributed by atoms with Gasteiger partial charge in [0, 0.05) is 24.1 Å². The number of esters is 2. The van der Waals surface area contributed by atoms with Gasteiger partial charge < -0.3 is 14.8 Å². The van der Waals surface area contributed by atoms with E-state index in [4.69, 9.17) is 9.47 Å². The minimum Gasteiger partial charge on any atom is -0.469 e. The van der Waals surface area contributed by atoms with E-state index in [1.807, 2.05) is 44.2 Å². The van der Waals surface area contributed by atoms with E-state index in [2.05, 4.69) is 10.4 Å². The number of aryl methyl sites for hydroxylation is 1. The smallest absolute Gasteiger partial charge is 0.331 e. The zero-order valence-corrected chi connectivity index (χ0v) is 20.8. The van der Waals surface area contributed by atoms with Crippen molar-refractivity contribution in [3.8, 4) is 5.69 Å². The minimum atomic E-state index is -1.23. The van der Waals surface area contributed by atoms with Crippen molar-refractivity contribution in [1.82, 2.24) is 15.1 Å². The van der Waals surface area contributed by atoms with Crippen LogP contribution in [0, 0.1) is 13.8 Å². The van der Waals surface area contributed by atoms with Crippen molar-refractivity contribution >= 4 is 17.8 Å². The Hall–Kier alpha value is -3.94. The van der Waals surface area contributed by atoms with Crippen LogP contribution in [-0.2, 0) is 31.9 Å². The summed E-state index contributed by atoms with van der Waals surface area (Å²) in [4.78, 5) is 37.1. The van der Waals surface area contributed by atoms with Gasteiger partial charge in [0.15, 0.2) is 0 Å². The summed E-state index contributed by atoms with van der Waals surface area (Å²) in [6.07, 6.45) is 1.12. The molecule has 35 heavy (non-hydrogen) atoms. The Kier molecular flexibility index (Phi) is 8.06. The quantitative estimate of drug-likeness (QED) is 0.474. The molecule has 0 spiro atoms. The van der Waals surface area contributed by atoms with E-state index in [0.29, 0.717) is 18.4 Å². The Morgan fingerprint density at radius 2 is 1.63 bits per heavy atom. The number of hydrogen-bond acceptors (Lipinski definition) is 6. The van der Waals surface area contributed by atoms with Gasteiger partial charge in [-0.1, -0.05) is 30.3 Å². The topological polar surface area (TPSA) is 99.5 Å². The number of carbonyl (C=O) groups excluding carboxylic acids is 3. The van der Waals surface area contributed by atoms with Gasteiger partial charge in [-0.3, -0.25) is 9.59 Å². The summed E-state index contributed by atoms with van der Waals surface area (Å²) >= 11 is 0. The second-order valence-corrected chi connectivity index (χ2v) is 8.62. The van der Waals surface area contributed by atoms with Crippen LogP contribution < -0.4 is 5.32 Å². The Balaban J connectivity index is 1.78. The number of nitrogens with zero attached hydrogens (tertiary/aromatic N) is 2. The van der Waals surface area contributed by atoms with Crippen molar-refractivity contribution in [3.05, 3.63) is 82.7 Å². The number of benzene rings is 2. The molecule has 8 nitrogen and oxygen atoms in total. The number of carbonyl (C=O) groups is 3. The maximum absolute atomic E-state index is 13.0. The average Bonchev–Trinajstić information content (AvgIpc) is 3.15. The molecule has 0 radical (unpaired) electrons. The first-order valence-electron chi connectivity index (χ1n) is 11.4. The molecule has 0 aliphatic rings. The third-order valence-electron chi connectivity index (χ3n) is 6.05. The lowest BCUT2D eigenvalue weighted by Crippen LogP contribution is -2.54. The zero-order chi connectivity index (χ0) is 25.6. The van der Waals surface area contributed by atoms with Crippen LogP contribution in [0.15, 0.2) is 54.6 Å². The highest BCUT2D eigenvalue weighted by Crippen LogP contribution is 2.21. The van der Waals surface area contributed by atoms with Crippen molar-refractivity contribution in [3.63, 3.8) is 0 Å². The molecule has 0 saturated carbocycles. The second kappa shape index (κ2) is 11.0. The Morgan fingerprint density at radius 3 is 2.23 bits per heavy atom. The molecule has 0 aliphatic heterocycles.